The quantitative estimate of drug-likeness (QED) is 0.718. The minimum Gasteiger partial charge on any atom is -0.488 e. The Morgan fingerprint density at radius 1 is 1.25 bits per heavy atom. The van der Waals surface area contributed by atoms with Gasteiger partial charge in [0.2, 0.25) is 0 Å². The number of hydrogen-bond acceptors (Lipinski definition) is 1. The zero-order chi connectivity index (χ0) is 12.3. The third-order valence-corrected chi connectivity index (χ3v) is 2.31. The summed E-state index contributed by atoms with van der Waals surface area (Å²) in [5.74, 6) is 1.44. The Bertz CT molecular complexity index is 370. The van der Waals surface area contributed by atoms with Gasteiger partial charge in [0.05, 0.1) is 0 Å². The lowest BCUT2D eigenvalue weighted by Gasteiger charge is -2.24. The van der Waals surface area contributed by atoms with E-state index in [9.17, 15) is 0 Å². The summed E-state index contributed by atoms with van der Waals surface area (Å²) in [5, 5.41) is 0. The van der Waals surface area contributed by atoms with Gasteiger partial charge in [-0.2, -0.15) is 0 Å². The average molecular weight is 218 g/mol. The number of rotatable bonds is 3. The number of hydrogen-bond donors (Lipinski definition) is 0. The molecule has 0 aromatic heterocycles. The molecule has 88 valence electrons. The summed E-state index contributed by atoms with van der Waals surface area (Å²) in [6.07, 6.45) is 1.87. The second-order valence-electron chi connectivity index (χ2n) is 5.37. The zero-order valence-electron chi connectivity index (χ0n) is 11.0. The summed E-state index contributed by atoms with van der Waals surface area (Å²) in [6, 6.07) is 6.23. The van der Waals surface area contributed by atoms with Gasteiger partial charge in [-0.05, 0) is 49.9 Å². The molecule has 0 saturated carbocycles. The Morgan fingerprint density at radius 2 is 1.88 bits per heavy atom. The fourth-order valence-electron chi connectivity index (χ4n) is 1.57. The minimum atomic E-state index is -0.153. The van der Waals surface area contributed by atoms with E-state index in [0.717, 1.165) is 11.3 Å². The van der Waals surface area contributed by atoms with Crippen LogP contribution in [0.1, 0.15) is 51.7 Å². The van der Waals surface area contributed by atoms with E-state index in [2.05, 4.69) is 47.3 Å². The van der Waals surface area contributed by atoms with Crippen molar-refractivity contribution < 1.29 is 4.74 Å². The molecule has 0 radical (unpaired) electrons. The molecular weight excluding hydrogens is 196 g/mol. The summed E-state index contributed by atoms with van der Waals surface area (Å²) < 4.78 is 5.96. The first-order valence-corrected chi connectivity index (χ1v) is 5.79. The molecule has 0 aliphatic heterocycles. The van der Waals surface area contributed by atoms with Crippen molar-refractivity contribution in [3.63, 3.8) is 0 Å². The van der Waals surface area contributed by atoms with Crippen molar-refractivity contribution in [2.75, 3.05) is 0 Å². The van der Waals surface area contributed by atoms with Gasteiger partial charge in [0.15, 0.2) is 0 Å². The van der Waals surface area contributed by atoms with Crippen LogP contribution in [0.25, 0.3) is 6.08 Å². The topological polar surface area (TPSA) is 9.23 Å². The van der Waals surface area contributed by atoms with Gasteiger partial charge < -0.3 is 4.74 Å². The second-order valence-corrected chi connectivity index (χ2v) is 5.37. The van der Waals surface area contributed by atoms with Crippen LogP contribution in [0.4, 0.5) is 0 Å². The lowest BCUT2D eigenvalue weighted by atomic mass is 9.99. The fraction of sp³-hybridized carbons (Fsp3) is 0.467. The van der Waals surface area contributed by atoms with Crippen molar-refractivity contribution in [3.05, 3.63) is 35.9 Å². The average Bonchev–Trinajstić information content (AvgIpc) is 2.15. The first-order valence-electron chi connectivity index (χ1n) is 5.79. The van der Waals surface area contributed by atoms with Crippen LogP contribution in [0.5, 0.6) is 5.75 Å². The molecule has 0 spiro atoms. The molecule has 1 aromatic rings. The molecule has 16 heavy (non-hydrogen) atoms. The van der Waals surface area contributed by atoms with Crippen LogP contribution in [0.2, 0.25) is 0 Å². The third-order valence-electron chi connectivity index (χ3n) is 2.31. The van der Waals surface area contributed by atoms with E-state index >= 15 is 0 Å². The Morgan fingerprint density at radius 3 is 2.31 bits per heavy atom. The molecule has 1 aromatic carbocycles. The fourth-order valence-corrected chi connectivity index (χ4v) is 1.57. The Balaban J connectivity index is 3.13. The van der Waals surface area contributed by atoms with E-state index in [1.807, 2.05) is 18.2 Å². The van der Waals surface area contributed by atoms with E-state index in [1.165, 1.54) is 5.56 Å². The number of ether oxygens (including phenoxy) is 1. The normalized spacial score (nSPS) is 11.6. The largest absolute Gasteiger partial charge is 0.488 e. The molecule has 0 aliphatic rings. The summed E-state index contributed by atoms with van der Waals surface area (Å²) in [5.41, 5.74) is 2.23. The highest BCUT2D eigenvalue weighted by Gasteiger charge is 2.16. The standard InChI is InChI=1S/C15H22O/c1-7-12-8-9-14(16-15(4,5)6)13(10-12)11(2)3/h7-11H,1H2,2-6H3. The van der Waals surface area contributed by atoms with Crippen molar-refractivity contribution >= 4 is 6.08 Å². The van der Waals surface area contributed by atoms with Crippen LogP contribution >= 0.6 is 0 Å². The molecule has 0 N–H and O–H groups in total. The van der Waals surface area contributed by atoms with Gasteiger partial charge in [0, 0.05) is 0 Å². The zero-order valence-corrected chi connectivity index (χ0v) is 11.0. The van der Waals surface area contributed by atoms with Crippen LogP contribution < -0.4 is 4.74 Å². The lowest BCUT2D eigenvalue weighted by molar-refractivity contribution is 0.129. The highest BCUT2D eigenvalue weighted by molar-refractivity contribution is 5.52. The van der Waals surface area contributed by atoms with Crippen LogP contribution in [0.3, 0.4) is 0 Å². The van der Waals surface area contributed by atoms with Crippen molar-refractivity contribution in [2.24, 2.45) is 0 Å². The van der Waals surface area contributed by atoms with Gasteiger partial charge in [-0.3, -0.25) is 0 Å². The molecule has 1 rings (SSSR count). The molecule has 1 nitrogen and oxygen atoms in total. The molecule has 0 aliphatic carbocycles. The molecule has 0 atom stereocenters. The van der Waals surface area contributed by atoms with E-state index in [-0.39, 0.29) is 5.60 Å². The Hall–Kier alpha value is -1.24. The first-order chi connectivity index (χ1) is 7.33. The smallest absolute Gasteiger partial charge is 0.123 e. The predicted octanol–water partition coefficient (Wildman–Crippen LogP) is 4.63. The lowest BCUT2D eigenvalue weighted by Crippen LogP contribution is -2.23. The molecule has 0 unspecified atom stereocenters. The summed E-state index contributed by atoms with van der Waals surface area (Å²) >= 11 is 0. The Labute approximate surface area is 99.1 Å². The second kappa shape index (κ2) is 4.73. The van der Waals surface area contributed by atoms with Gasteiger partial charge in [0.25, 0.3) is 0 Å². The SMILES string of the molecule is C=Cc1ccc(OC(C)(C)C)c(C(C)C)c1. The summed E-state index contributed by atoms with van der Waals surface area (Å²) in [6.45, 7) is 14.4. The molecule has 1 heteroatoms. The van der Waals surface area contributed by atoms with E-state index in [1.54, 1.807) is 0 Å². The minimum absolute atomic E-state index is 0.153. The van der Waals surface area contributed by atoms with Gasteiger partial charge in [-0.15, -0.1) is 0 Å². The third kappa shape index (κ3) is 3.41. The molecule has 0 fully saturated rings. The van der Waals surface area contributed by atoms with Gasteiger partial charge in [-0.1, -0.05) is 32.6 Å². The maximum Gasteiger partial charge on any atom is 0.123 e. The molecule has 0 saturated heterocycles. The van der Waals surface area contributed by atoms with E-state index < -0.39 is 0 Å². The highest BCUT2D eigenvalue weighted by Crippen LogP contribution is 2.30. The van der Waals surface area contributed by atoms with Crippen molar-refractivity contribution in [1.82, 2.24) is 0 Å². The molecule has 0 heterocycles. The molecule has 0 bridgehead atoms. The van der Waals surface area contributed by atoms with Crippen molar-refractivity contribution in [3.8, 4) is 5.75 Å². The number of benzene rings is 1. The predicted molar refractivity (Wildman–Crippen MR) is 71.0 cm³/mol. The van der Waals surface area contributed by atoms with Gasteiger partial charge in [0.1, 0.15) is 11.4 Å². The maximum atomic E-state index is 5.96. The van der Waals surface area contributed by atoms with Gasteiger partial charge in [-0.25, -0.2) is 0 Å². The first kappa shape index (κ1) is 12.8. The van der Waals surface area contributed by atoms with Crippen LogP contribution in [-0.2, 0) is 0 Å². The van der Waals surface area contributed by atoms with Gasteiger partial charge >= 0.3 is 0 Å². The summed E-state index contributed by atoms with van der Waals surface area (Å²) in [4.78, 5) is 0. The van der Waals surface area contributed by atoms with Crippen LogP contribution in [0.15, 0.2) is 24.8 Å². The Kier molecular flexibility index (Phi) is 3.79. The maximum absolute atomic E-state index is 5.96. The van der Waals surface area contributed by atoms with Crippen molar-refractivity contribution in [1.29, 1.82) is 0 Å². The van der Waals surface area contributed by atoms with E-state index in [4.69, 9.17) is 4.74 Å². The highest BCUT2D eigenvalue weighted by atomic mass is 16.5. The van der Waals surface area contributed by atoms with E-state index in [0.29, 0.717) is 5.92 Å². The van der Waals surface area contributed by atoms with Crippen LogP contribution in [-0.4, -0.2) is 5.60 Å². The summed E-state index contributed by atoms with van der Waals surface area (Å²) in [7, 11) is 0. The molecule has 0 amide bonds. The van der Waals surface area contributed by atoms with Crippen LogP contribution in [0, 0.1) is 0 Å². The monoisotopic (exact) mass is 218 g/mol. The van der Waals surface area contributed by atoms with Crippen molar-refractivity contribution in [2.45, 2.75) is 46.1 Å². The molecular formula is C15H22O.